The molecule has 0 amide bonds. The molecule has 1 atom stereocenters. The Kier molecular flexibility index (Phi) is 4.37. The van der Waals surface area contributed by atoms with Gasteiger partial charge in [-0.1, -0.05) is 37.3 Å². The molecule has 0 aromatic heterocycles. The smallest absolute Gasteiger partial charge is 0.0210 e. The predicted molar refractivity (Wildman–Crippen MR) is 68.4 cm³/mol. The molecule has 2 heteroatoms. The van der Waals surface area contributed by atoms with Crippen LogP contribution in [0.5, 0.6) is 0 Å². The molecule has 0 saturated carbocycles. The third kappa shape index (κ3) is 3.32. The Morgan fingerprint density at radius 1 is 1.31 bits per heavy atom. The number of nitrogens with zero attached hydrogens (tertiary/aromatic N) is 1. The molecule has 0 aliphatic carbocycles. The molecule has 1 heterocycles. The third-order valence-corrected chi connectivity index (χ3v) is 3.25. The molecule has 1 saturated heterocycles. The van der Waals surface area contributed by atoms with Crippen molar-refractivity contribution in [2.75, 3.05) is 19.6 Å². The van der Waals surface area contributed by atoms with Crippen LogP contribution >= 0.6 is 0 Å². The van der Waals surface area contributed by atoms with E-state index in [4.69, 9.17) is 0 Å². The summed E-state index contributed by atoms with van der Waals surface area (Å²) in [6.45, 7) is 7.00. The van der Waals surface area contributed by atoms with Crippen molar-refractivity contribution < 1.29 is 0 Å². The first-order chi connectivity index (χ1) is 7.88. The Morgan fingerprint density at radius 3 is 2.88 bits per heavy atom. The maximum atomic E-state index is 3.64. The Labute approximate surface area is 98.7 Å². The monoisotopic (exact) mass is 218 g/mol. The first kappa shape index (κ1) is 11.6. The van der Waals surface area contributed by atoms with Crippen LogP contribution in [0.15, 0.2) is 30.3 Å². The number of hydrogen-bond donors (Lipinski definition) is 1. The molecule has 1 N–H and O–H groups in total. The molecule has 0 radical (unpaired) electrons. The average molecular weight is 218 g/mol. The molecule has 88 valence electrons. The standard InChI is InChI=1S/C14H22N2/c1-2-9-16-10-8-14(12-16)15-11-13-6-4-3-5-7-13/h3-7,14-15H,2,8-12H2,1H3/t14-/m0/s1. The molecular formula is C14H22N2. The van der Waals surface area contributed by atoms with Gasteiger partial charge in [0.1, 0.15) is 0 Å². The van der Waals surface area contributed by atoms with Crippen molar-refractivity contribution in [2.45, 2.75) is 32.4 Å². The normalized spacial score (nSPS) is 21.4. The van der Waals surface area contributed by atoms with Crippen molar-refractivity contribution in [3.63, 3.8) is 0 Å². The van der Waals surface area contributed by atoms with E-state index in [-0.39, 0.29) is 0 Å². The first-order valence-corrected chi connectivity index (χ1v) is 6.38. The number of benzene rings is 1. The maximum absolute atomic E-state index is 3.64. The van der Waals surface area contributed by atoms with E-state index in [1.165, 1.54) is 38.0 Å². The fourth-order valence-electron chi connectivity index (χ4n) is 2.38. The second-order valence-corrected chi connectivity index (χ2v) is 4.65. The number of likely N-dealkylation sites (tertiary alicyclic amines) is 1. The largest absolute Gasteiger partial charge is 0.309 e. The summed E-state index contributed by atoms with van der Waals surface area (Å²) in [5.74, 6) is 0. The van der Waals surface area contributed by atoms with Gasteiger partial charge in [-0.05, 0) is 31.5 Å². The summed E-state index contributed by atoms with van der Waals surface area (Å²) in [5, 5.41) is 3.64. The fourth-order valence-corrected chi connectivity index (χ4v) is 2.38. The molecule has 1 aromatic rings. The molecule has 0 unspecified atom stereocenters. The summed E-state index contributed by atoms with van der Waals surface area (Å²) in [4.78, 5) is 2.56. The zero-order chi connectivity index (χ0) is 11.2. The lowest BCUT2D eigenvalue weighted by atomic mass is 10.2. The van der Waals surface area contributed by atoms with E-state index in [9.17, 15) is 0 Å². The molecular weight excluding hydrogens is 196 g/mol. The summed E-state index contributed by atoms with van der Waals surface area (Å²) in [6, 6.07) is 11.3. The van der Waals surface area contributed by atoms with Gasteiger partial charge in [-0.15, -0.1) is 0 Å². The molecule has 0 bridgehead atoms. The third-order valence-electron chi connectivity index (χ3n) is 3.25. The van der Waals surface area contributed by atoms with Gasteiger partial charge in [0.15, 0.2) is 0 Å². The quantitative estimate of drug-likeness (QED) is 0.815. The molecule has 16 heavy (non-hydrogen) atoms. The lowest BCUT2D eigenvalue weighted by molar-refractivity contribution is 0.328. The van der Waals surface area contributed by atoms with E-state index >= 15 is 0 Å². The summed E-state index contributed by atoms with van der Waals surface area (Å²) >= 11 is 0. The number of hydrogen-bond acceptors (Lipinski definition) is 2. The van der Waals surface area contributed by atoms with Crippen LogP contribution in [0.1, 0.15) is 25.3 Å². The van der Waals surface area contributed by atoms with Crippen molar-refractivity contribution >= 4 is 0 Å². The Bertz CT molecular complexity index is 297. The van der Waals surface area contributed by atoms with Gasteiger partial charge < -0.3 is 10.2 Å². The van der Waals surface area contributed by atoms with E-state index in [0.717, 1.165) is 6.54 Å². The second kappa shape index (κ2) is 6.02. The van der Waals surface area contributed by atoms with Gasteiger partial charge >= 0.3 is 0 Å². The minimum atomic E-state index is 0.687. The number of nitrogens with one attached hydrogen (secondary N) is 1. The van der Waals surface area contributed by atoms with Crippen molar-refractivity contribution in [3.05, 3.63) is 35.9 Å². The summed E-state index contributed by atoms with van der Waals surface area (Å²) in [7, 11) is 0. The first-order valence-electron chi connectivity index (χ1n) is 6.38. The van der Waals surface area contributed by atoms with Crippen LogP contribution in [-0.2, 0) is 6.54 Å². The van der Waals surface area contributed by atoms with Gasteiger partial charge in [0.25, 0.3) is 0 Å². The van der Waals surface area contributed by atoms with E-state index in [1.54, 1.807) is 0 Å². The summed E-state index contributed by atoms with van der Waals surface area (Å²) < 4.78 is 0. The van der Waals surface area contributed by atoms with Gasteiger partial charge in [0.2, 0.25) is 0 Å². The van der Waals surface area contributed by atoms with Crippen LogP contribution < -0.4 is 5.32 Å². The van der Waals surface area contributed by atoms with E-state index in [1.807, 2.05) is 0 Å². The molecule has 1 aromatic carbocycles. The van der Waals surface area contributed by atoms with Crippen LogP contribution in [0.2, 0.25) is 0 Å². The maximum Gasteiger partial charge on any atom is 0.0210 e. The summed E-state index contributed by atoms with van der Waals surface area (Å²) in [5.41, 5.74) is 1.39. The Hall–Kier alpha value is -0.860. The highest BCUT2D eigenvalue weighted by atomic mass is 15.2. The molecule has 0 spiro atoms. The second-order valence-electron chi connectivity index (χ2n) is 4.65. The van der Waals surface area contributed by atoms with Gasteiger partial charge in [-0.25, -0.2) is 0 Å². The van der Waals surface area contributed by atoms with Crippen molar-refractivity contribution in [1.29, 1.82) is 0 Å². The zero-order valence-corrected chi connectivity index (χ0v) is 10.2. The van der Waals surface area contributed by atoms with Crippen LogP contribution in [0.4, 0.5) is 0 Å². The van der Waals surface area contributed by atoms with Gasteiger partial charge in [0, 0.05) is 19.1 Å². The van der Waals surface area contributed by atoms with Crippen molar-refractivity contribution in [3.8, 4) is 0 Å². The molecule has 1 aliphatic heterocycles. The minimum Gasteiger partial charge on any atom is -0.309 e. The molecule has 1 fully saturated rings. The molecule has 2 rings (SSSR count). The van der Waals surface area contributed by atoms with Gasteiger partial charge in [0.05, 0.1) is 0 Å². The lowest BCUT2D eigenvalue weighted by Crippen LogP contribution is -2.32. The Balaban J connectivity index is 1.72. The van der Waals surface area contributed by atoms with Crippen molar-refractivity contribution in [1.82, 2.24) is 10.2 Å². The van der Waals surface area contributed by atoms with Crippen LogP contribution in [0.3, 0.4) is 0 Å². The highest BCUT2D eigenvalue weighted by Gasteiger charge is 2.20. The highest BCUT2D eigenvalue weighted by molar-refractivity contribution is 5.14. The van der Waals surface area contributed by atoms with Gasteiger partial charge in [-0.2, -0.15) is 0 Å². The van der Waals surface area contributed by atoms with Crippen LogP contribution in [0.25, 0.3) is 0 Å². The Morgan fingerprint density at radius 2 is 2.12 bits per heavy atom. The lowest BCUT2D eigenvalue weighted by Gasteiger charge is -2.15. The van der Waals surface area contributed by atoms with E-state index in [2.05, 4.69) is 47.5 Å². The topological polar surface area (TPSA) is 15.3 Å². The summed E-state index contributed by atoms with van der Waals surface area (Å²) in [6.07, 6.45) is 2.57. The SMILES string of the molecule is CCCN1CC[C@H](NCc2ccccc2)C1. The minimum absolute atomic E-state index is 0.687. The predicted octanol–water partition coefficient (Wildman–Crippen LogP) is 2.26. The molecule has 2 nitrogen and oxygen atoms in total. The zero-order valence-electron chi connectivity index (χ0n) is 10.2. The van der Waals surface area contributed by atoms with Crippen LogP contribution in [0, 0.1) is 0 Å². The van der Waals surface area contributed by atoms with Gasteiger partial charge in [-0.3, -0.25) is 0 Å². The average Bonchev–Trinajstić information content (AvgIpc) is 2.76. The fraction of sp³-hybridized carbons (Fsp3) is 0.571. The number of rotatable bonds is 5. The molecule has 1 aliphatic rings. The van der Waals surface area contributed by atoms with E-state index < -0.39 is 0 Å². The highest BCUT2D eigenvalue weighted by Crippen LogP contribution is 2.10. The van der Waals surface area contributed by atoms with Crippen molar-refractivity contribution in [2.24, 2.45) is 0 Å². The van der Waals surface area contributed by atoms with Crippen LogP contribution in [-0.4, -0.2) is 30.6 Å². The van der Waals surface area contributed by atoms with E-state index in [0.29, 0.717) is 6.04 Å².